The maximum absolute atomic E-state index is 12.2. The summed E-state index contributed by atoms with van der Waals surface area (Å²) in [6.07, 6.45) is 0. The minimum absolute atomic E-state index is 0.227. The molecule has 20 nitrogen and oxygen atoms in total. The van der Waals surface area contributed by atoms with Crippen molar-refractivity contribution in [2.45, 2.75) is 80.0 Å². The molecule has 0 aliphatic carbocycles. The van der Waals surface area contributed by atoms with E-state index in [-0.39, 0.29) is 35.3 Å². The summed E-state index contributed by atoms with van der Waals surface area (Å²) in [7, 11) is 2.19. The molecule has 0 bridgehead atoms. The van der Waals surface area contributed by atoms with Gasteiger partial charge in [-0.25, -0.2) is 12.7 Å². The highest BCUT2D eigenvalue weighted by atomic mass is 32.2. The first-order valence-electron chi connectivity index (χ1n) is 25.7. The second-order valence-corrected chi connectivity index (χ2v) is 24.1. The normalized spacial score (nSPS) is 11.8. The summed E-state index contributed by atoms with van der Waals surface area (Å²) in [5, 5.41) is 29.4. The number of hydrogen-bond acceptors (Lipinski definition) is 14. The van der Waals surface area contributed by atoms with Gasteiger partial charge in [0.2, 0.25) is 10.0 Å². The Morgan fingerprint density at radius 1 is 0.459 bits per heavy atom. The quantitative estimate of drug-likeness (QED) is 0.0182. The number of carbonyl (C=O) groups excluding carboxylic acids is 7. The number of Topliss-reactive ketones (excluding diaryl/α,β-unsaturated/α-hetero) is 2. The molecule has 0 saturated carbocycles. The Bertz CT molecular complexity index is 3350. The molecule has 0 radical (unpaired) electrons. The average molecular weight is 1220 g/mol. The number of amides is 5. The summed E-state index contributed by atoms with van der Waals surface area (Å²) in [5.41, 5.74) is 5.77. The van der Waals surface area contributed by atoms with Gasteiger partial charge in [0, 0.05) is 88.7 Å². The molecule has 0 spiro atoms. The Balaban J connectivity index is 0.000000388. The van der Waals surface area contributed by atoms with E-state index >= 15 is 0 Å². The lowest BCUT2D eigenvalue weighted by atomic mass is 10.1. The van der Waals surface area contributed by atoms with E-state index in [1.165, 1.54) is 68.5 Å². The molecule has 452 valence electrons. The van der Waals surface area contributed by atoms with E-state index in [9.17, 15) is 56.7 Å². The number of benzene rings is 5. The molecule has 0 fully saturated rings. The van der Waals surface area contributed by atoms with Gasteiger partial charge in [-0.05, 0) is 145 Å². The van der Waals surface area contributed by atoms with Crippen LogP contribution in [-0.2, 0) is 53.2 Å². The van der Waals surface area contributed by atoms with Crippen LogP contribution in [-0.4, -0.2) is 120 Å². The number of carbonyl (C=O) groups is 9. The number of nitrogens with one attached hydrogen (secondary N) is 5. The number of carboxylic acids is 2. The van der Waals surface area contributed by atoms with Gasteiger partial charge in [-0.15, -0.1) is 23.5 Å². The van der Waals surface area contributed by atoms with E-state index in [1.807, 2.05) is 18.2 Å². The standard InChI is InChI=1S/C18H17NO3S.C16H21N3O3.C15H20N2O4S.C13H15NO3S/c1-12(2)17(20)19-14-8-10-15(11-9-14)23-16(18(21)22)13-6-4-3-5-7-13;1-10(2)15(21)18-13-8-6-12(7-9-13)17-14(11(3)20)16(22)19(4)5;1-10(2)15(19)16-13-8-6-12(7-9-13)14(11(3)18)22(20,21)17(4)5;1-8(2)12(15)14-10-4-6-11(7-5-10)18-9(3)13(16)17/h3-11,16H,1H2,2H3,(H,19,20)(H,21,22);6-9,14,17H,1H2,2-5H3,(H,18,21);6-9,14H,1H2,2-5H3,(H,16,19);4-7,9H,1H2,2-3H3,(H,14,15)(H,16,17). The number of aliphatic carboxylic acids is 2. The third-order valence-corrected chi connectivity index (χ3v) is 15.8. The Hall–Kier alpha value is -8.90. The molecule has 5 aromatic carbocycles. The number of sulfonamides is 1. The zero-order valence-electron chi connectivity index (χ0n) is 49.3. The van der Waals surface area contributed by atoms with Crippen molar-refractivity contribution in [1.29, 1.82) is 0 Å². The Morgan fingerprint density at radius 2 is 0.800 bits per heavy atom. The second kappa shape index (κ2) is 34.6. The Labute approximate surface area is 505 Å². The third kappa shape index (κ3) is 24.8. The molecule has 7 N–H and O–H groups in total. The molecule has 0 heterocycles. The van der Waals surface area contributed by atoms with Crippen LogP contribution in [0.5, 0.6) is 0 Å². The molecular formula is C62H73N7O13S3. The topological polar surface area (TPSA) is 295 Å². The fraction of sp³-hybridized carbons (Fsp3) is 0.242. The number of nitrogens with zero attached hydrogens (tertiary/aromatic N) is 2. The SMILES string of the molecule is C=C(C)C(=O)Nc1ccc(C(C(C)=O)S(=O)(=O)N(C)C)cc1.C=C(C)C(=O)Nc1ccc(NC(C(C)=O)C(=O)N(C)C)cc1.C=C(C)C(=O)Nc1ccc(SC(C(=O)O)c2ccccc2)cc1.C=C(C)C(=O)Nc1ccc(SC(C)C(=O)O)cc1. The van der Waals surface area contributed by atoms with Crippen LogP contribution in [0.4, 0.5) is 28.4 Å². The number of rotatable bonds is 23. The first kappa shape index (κ1) is 72.2. The monoisotopic (exact) mass is 1220 g/mol. The molecule has 0 saturated heterocycles. The first-order chi connectivity index (χ1) is 39.7. The maximum atomic E-state index is 12.2. The van der Waals surface area contributed by atoms with Crippen molar-refractivity contribution < 1.29 is 61.8 Å². The van der Waals surface area contributed by atoms with Gasteiger partial charge in [-0.1, -0.05) is 68.8 Å². The van der Waals surface area contributed by atoms with Crippen LogP contribution >= 0.6 is 23.5 Å². The van der Waals surface area contributed by atoms with Gasteiger partial charge in [0.25, 0.3) is 29.5 Å². The molecule has 4 unspecified atom stereocenters. The lowest BCUT2D eigenvalue weighted by Crippen LogP contribution is -2.43. The maximum Gasteiger partial charge on any atom is 0.321 e. The highest BCUT2D eigenvalue weighted by molar-refractivity contribution is 8.00. The van der Waals surface area contributed by atoms with Gasteiger partial charge in [0.05, 0.1) is 0 Å². The molecule has 0 aromatic heterocycles. The van der Waals surface area contributed by atoms with Crippen molar-refractivity contribution >= 4 is 115 Å². The van der Waals surface area contributed by atoms with Crippen molar-refractivity contribution in [3.63, 3.8) is 0 Å². The van der Waals surface area contributed by atoms with Crippen LogP contribution in [0.1, 0.15) is 70.1 Å². The molecule has 23 heteroatoms. The Morgan fingerprint density at radius 3 is 1.11 bits per heavy atom. The molecule has 4 atom stereocenters. The lowest BCUT2D eigenvalue weighted by Gasteiger charge is -2.20. The van der Waals surface area contributed by atoms with Crippen LogP contribution in [0, 0.1) is 0 Å². The van der Waals surface area contributed by atoms with Gasteiger partial charge >= 0.3 is 11.9 Å². The van der Waals surface area contributed by atoms with E-state index in [0.29, 0.717) is 56.3 Å². The lowest BCUT2D eigenvalue weighted by molar-refractivity contribution is -0.137. The highest BCUT2D eigenvalue weighted by Crippen LogP contribution is 2.36. The van der Waals surface area contributed by atoms with E-state index in [2.05, 4.69) is 52.9 Å². The zero-order chi connectivity index (χ0) is 64.5. The van der Waals surface area contributed by atoms with Crippen LogP contribution < -0.4 is 26.6 Å². The summed E-state index contributed by atoms with van der Waals surface area (Å²) in [6, 6.07) is 35.1. The van der Waals surface area contributed by atoms with Crippen molar-refractivity contribution in [3.05, 3.63) is 187 Å². The number of likely N-dealkylation sites (N-methyl/N-ethyl adjacent to an activating group) is 1. The van der Waals surface area contributed by atoms with Crippen LogP contribution in [0.2, 0.25) is 0 Å². The molecule has 5 amide bonds. The van der Waals surface area contributed by atoms with Crippen molar-refractivity contribution in [2.24, 2.45) is 0 Å². The number of ketones is 2. The average Bonchev–Trinajstić information content (AvgIpc) is 3.64. The van der Waals surface area contributed by atoms with Crippen LogP contribution in [0.15, 0.2) is 186 Å². The predicted molar refractivity (Wildman–Crippen MR) is 338 cm³/mol. The predicted octanol–water partition coefficient (Wildman–Crippen LogP) is 10.3. The number of anilines is 5. The molecule has 0 aliphatic rings. The van der Waals surface area contributed by atoms with Gasteiger partial charge in [0.15, 0.2) is 22.9 Å². The van der Waals surface area contributed by atoms with Crippen LogP contribution in [0.3, 0.4) is 0 Å². The minimum Gasteiger partial charge on any atom is -0.480 e. The minimum atomic E-state index is -3.76. The van der Waals surface area contributed by atoms with Crippen LogP contribution in [0.25, 0.3) is 0 Å². The molecule has 0 aliphatic heterocycles. The fourth-order valence-corrected chi connectivity index (χ4v) is 9.55. The third-order valence-electron chi connectivity index (χ3n) is 11.2. The van der Waals surface area contributed by atoms with E-state index in [4.69, 9.17) is 5.11 Å². The number of carboxylic acid groups (broad SMARTS) is 2. The van der Waals surface area contributed by atoms with Crippen molar-refractivity contribution in [1.82, 2.24) is 9.21 Å². The van der Waals surface area contributed by atoms with Gasteiger partial charge in [0.1, 0.15) is 10.5 Å². The Kier molecular flexibility index (Phi) is 29.4. The summed E-state index contributed by atoms with van der Waals surface area (Å²) >= 11 is 2.51. The smallest absolute Gasteiger partial charge is 0.321 e. The van der Waals surface area contributed by atoms with Crippen molar-refractivity contribution in [2.75, 3.05) is 54.8 Å². The summed E-state index contributed by atoms with van der Waals surface area (Å²) in [4.78, 5) is 107. The first-order valence-corrected chi connectivity index (χ1v) is 28.9. The van der Waals surface area contributed by atoms with E-state index in [1.54, 1.807) is 146 Å². The second-order valence-electron chi connectivity index (χ2n) is 19.3. The summed E-state index contributed by atoms with van der Waals surface area (Å²) in [6.45, 7) is 24.9. The number of thioether (sulfide) groups is 2. The van der Waals surface area contributed by atoms with E-state index in [0.717, 1.165) is 19.7 Å². The fourth-order valence-electron chi connectivity index (χ4n) is 6.44. The number of hydrogen-bond donors (Lipinski definition) is 7. The molecule has 5 aromatic rings. The molecule has 5 rings (SSSR count). The molecular weight excluding hydrogens is 1150 g/mol. The summed E-state index contributed by atoms with van der Waals surface area (Å²) < 4.78 is 25.5. The zero-order valence-corrected chi connectivity index (χ0v) is 51.7. The largest absolute Gasteiger partial charge is 0.480 e. The van der Waals surface area contributed by atoms with E-state index < -0.39 is 49.5 Å². The van der Waals surface area contributed by atoms with Gasteiger partial charge in [-0.2, -0.15) is 0 Å². The highest BCUT2D eigenvalue weighted by Gasteiger charge is 2.33. The van der Waals surface area contributed by atoms with Gasteiger partial charge < -0.3 is 41.7 Å². The molecule has 85 heavy (non-hydrogen) atoms. The van der Waals surface area contributed by atoms with Crippen molar-refractivity contribution in [3.8, 4) is 0 Å². The summed E-state index contributed by atoms with van der Waals surface area (Å²) in [5.74, 6) is -3.83. The van der Waals surface area contributed by atoms with Gasteiger partial charge in [-0.3, -0.25) is 43.2 Å².